The number of methoxy groups -OCH3 is 1. The zero-order valence-corrected chi connectivity index (χ0v) is 11.4. The van der Waals surface area contributed by atoms with Crippen LogP contribution in [0.15, 0.2) is 18.3 Å². The number of carbonyl (C=O) groups excluding carboxylic acids is 1. The van der Waals surface area contributed by atoms with Gasteiger partial charge in [-0.2, -0.15) is 4.98 Å². The van der Waals surface area contributed by atoms with E-state index in [9.17, 15) is 4.79 Å². The molecule has 2 aromatic heterocycles. The van der Waals surface area contributed by atoms with E-state index in [4.69, 9.17) is 4.74 Å². The van der Waals surface area contributed by atoms with Crippen molar-refractivity contribution in [2.45, 2.75) is 13.8 Å². The van der Waals surface area contributed by atoms with E-state index in [1.165, 1.54) is 7.11 Å². The molecule has 0 aliphatic carbocycles. The summed E-state index contributed by atoms with van der Waals surface area (Å²) in [5.41, 5.74) is 2.79. The number of pyridine rings is 1. The summed E-state index contributed by atoms with van der Waals surface area (Å²) in [5.74, 6) is -0.241. The highest BCUT2D eigenvalue weighted by Crippen LogP contribution is 2.22. The predicted molar refractivity (Wildman–Crippen MR) is 70.8 cm³/mol. The molecule has 0 radical (unpaired) electrons. The number of ether oxygens (including phenoxy) is 1. The third kappa shape index (κ3) is 2.29. The van der Waals surface area contributed by atoms with Crippen LogP contribution in [0.5, 0.6) is 6.01 Å². The standard InChI is InChI=1S/C13H16N4O2/c1-8-5-6-10(7-15-8)17-9(2)11(12(18)14-3)16-13(17)19-4/h5-7H,1-4H3,(H,14,18). The van der Waals surface area contributed by atoms with Crippen molar-refractivity contribution in [3.05, 3.63) is 35.4 Å². The van der Waals surface area contributed by atoms with E-state index in [1.54, 1.807) is 17.8 Å². The van der Waals surface area contributed by atoms with E-state index in [-0.39, 0.29) is 5.91 Å². The maximum atomic E-state index is 11.7. The van der Waals surface area contributed by atoms with Crippen LogP contribution in [0.25, 0.3) is 5.69 Å². The van der Waals surface area contributed by atoms with Gasteiger partial charge in [0.2, 0.25) is 0 Å². The van der Waals surface area contributed by atoms with Crippen molar-refractivity contribution >= 4 is 5.91 Å². The second-order valence-corrected chi connectivity index (χ2v) is 4.10. The van der Waals surface area contributed by atoms with Crippen LogP contribution >= 0.6 is 0 Å². The summed E-state index contributed by atoms with van der Waals surface area (Å²) in [4.78, 5) is 20.2. The zero-order chi connectivity index (χ0) is 14.0. The van der Waals surface area contributed by atoms with Gasteiger partial charge in [0.25, 0.3) is 5.91 Å². The van der Waals surface area contributed by atoms with E-state index < -0.39 is 0 Å². The van der Waals surface area contributed by atoms with E-state index in [2.05, 4.69) is 15.3 Å². The number of aromatic nitrogens is 3. The summed E-state index contributed by atoms with van der Waals surface area (Å²) in [7, 11) is 3.09. The van der Waals surface area contributed by atoms with Gasteiger partial charge in [0.1, 0.15) is 0 Å². The quantitative estimate of drug-likeness (QED) is 0.901. The molecule has 19 heavy (non-hydrogen) atoms. The molecule has 0 saturated heterocycles. The predicted octanol–water partition coefficient (Wildman–Crippen LogP) is 1.25. The molecule has 0 atom stereocenters. The van der Waals surface area contributed by atoms with Crippen molar-refractivity contribution in [2.75, 3.05) is 14.2 Å². The first-order valence-corrected chi connectivity index (χ1v) is 5.87. The van der Waals surface area contributed by atoms with Crippen molar-refractivity contribution in [1.82, 2.24) is 19.9 Å². The molecule has 0 aromatic carbocycles. The number of hydrogen-bond donors (Lipinski definition) is 1. The molecule has 2 rings (SSSR count). The van der Waals surface area contributed by atoms with Crippen LogP contribution in [0.3, 0.4) is 0 Å². The second kappa shape index (κ2) is 5.09. The average molecular weight is 260 g/mol. The Kier molecular flexibility index (Phi) is 3.50. The summed E-state index contributed by atoms with van der Waals surface area (Å²) in [5, 5.41) is 2.56. The molecule has 1 N–H and O–H groups in total. The number of imidazole rings is 1. The lowest BCUT2D eigenvalue weighted by molar-refractivity contribution is 0.0957. The first-order chi connectivity index (χ1) is 9.08. The van der Waals surface area contributed by atoms with Gasteiger partial charge >= 0.3 is 6.01 Å². The lowest BCUT2D eigenvalue weighted by atomic mass is 10.3. The minimum Gasteiger partial charge on any atom is -0.468 e. The van der Waals surface area contributed by atoms with Gasteiger partial charge in [0.15, 0.2) is 5.69 Å². The van der Waals surface area contributed by atoms with Gasteiger partial charge in [-0.15, -0.1) is 0 Å². The minimum absolute atomic E-state index is 0.241. The van der Waals surface area contributed by atoms with Gasteiger partial charge < -0.3 is 10.1 Å². The number of nitrogens with one attached hydrogen (secondary N) is 1. The maximum Gasteiger partial charge on any atom is 0.301 e. The molecule has 6 nitrogen and oxygen atoms in total. The van der Waals surface area contributed by atoms with E-state index >= 15 is 0 Å². The Bertz CT molecular complexity index is 602. The van der Waals surface area contributed by atoms with Crippen LogP contribution in [0.4, 0.5) is 0 Å². The van der Waals surface area contributed by atoms with Crippen LogP contribution in [0, 0.1) is 13.8 Å². The molecule has 0 aliphatic heterocycles. The van der Waals surface area contributed by atoms with Crippen molar-refractivity contribution < 1.29 is 9.53 Å². The molecule has 100 valence electrons. The van der Waals surface area contributed by atoms with Gasteiger partial charge in [-0.05, 0) is 26.0 Å². The molecule has 2 aromatic rings. The normalized spacial score (nSPS) is 10.3. The molecule has 2 heterocycles. The van der Waals surface area contributed by atoms with Crippen molar-refractivity contribution in [2.24, 2.45) is 0 Å². The van der Waals surface area contributed by atoms with Crippen LogP contribution in [0.2, 0.25) is 0 Å². The highest BCUT2D eigenvalue weighted by Gasteiger charge is 2.20. The van der Waals surface area contributed by atoms with Crippen LogP contribution in [0.1, 0.15) is 21.9 Å². The Hall–Kier alpha value is -2.37. The summed E-state index contributed by atoms with van der Waals surface area (Å²) in [6, 6.07) is 4.17. The lowest BCUT2D eigenvalue weighted by Gasteiger charge is -2.08. The fraction of sp³-hybridized carbons (Fsp3) is 0.308. The molecule has 1 amide bonds. The van der Waals surface area contributed by atoms with Gasteiger partial charge in [-0.25, -0.2) is 0 Å². The van der Waals surface area contributed by atoms with Crippen molar-refractivity contribution in [1.29, 1.82) is 0 Å². The summed E-state index contributed by atoms with van der Waals surface area (Å²) in [6.45, 7) is 3.73. The Morgan fingerprint density at radius 3 is 2.63 bits per heavy atom. The SMILES string of the molecule is CNC(=O)c1nc(OC)n(-c2ccc(C)nc2)c1C. The Morgan fingerprint density at radius 1 is 1.37 bits per heavy atom. The van der Waals surface area contributed by atoms with Crippen molar-refractivity contribution in [3.63, 3.8) is 0 Å². The van der Waals surface area contributed by atoms with Crippen LogP contribution in [-0.2, 0) is 0 Å². The highest BCUT2D eigenvalue weighted by atomic mass is 16.5. The first-order valence-electron chi connectivity index (χ1n) is 5.87. The van der Waals surface area contributed by atoms with Crippen LogP contribution in [-0.4, -0.2) is 34.6 Å². The van der Waals surface area contributed by atoms with Gasteiger partial charge in [-0.1, -0.05) is 0 Å². The molecule has 0 bridgehead atoms. The third-order valence-electron chi connectivity index (χ3n) is 2.86. The third-order valence-corrected chi connectivity index (χ3v) is 2.86. The zero-order valence-electron chi connectivity index (χ0n) is 11.4. The average Bonchev–Trinajstić information content (AvgIpc) is 2.76. The number of nitrogens with zero attached hydrogens (tertiary/aromatic N) is 3. The number of carbonyl (C=O) groups is 1. The second-order valence-electron chi connectivity index (χ2n) is 4.10. The van der Waals surface area contributed by atoms with Crippen molar-refractivity contribution in [3.8, 4) is 11.7 Å². The van der Waals surface area contributed by atoms with Gasteiger partial charge in [-0.3, -0.25) is 14.3 Å². The fourth-order valence-corrected chi connectivity index (χ4v) is 1.84. The molecule has 0 saturated carbocycles. The molecule has 0 spiro atoms. The minimum atomic E-state index is -0.241. The van der Waals surface area contributed by atoms with Gasteiger partial charge in [0, 0.05) is 12.7 Å². The van der Waals surface area contributed by atoms with Crippen LogP contribution < -0.4 is 10.1 Å². The Morgan fingerprint density at radius 2 is 2.11 bits per heavy atom. The molecule has 0 unspecified atom stereocenters. The van der Waals surface area contributed by atoms with E-state index in [1.807, 2.05) is 26.0 Å². The topological polar surface area (TPSA) is 69.0 Å². The Labute approximate surface area is 111 Å². The number of rotatable bonds is 3. The van der Waals surface area contributed by atoms with E-state index in [0.717, 1.165) is 11.4 Å². The summed E-state index contributed by atoms with van der Waals surface area (Å²) >= 11 is 0. The number of aryl methyl sites for hydroxylation is 1. The molecular weight excluding hydrogens is 244 g/mol. The largest absolute Gasteiger partial charge is 0.468 e. The number of hydrogen-bond acceptors (Lipinski definition) is 4. The molecule has 0 aliphatic rings. The highest BCUT2D eigenvalue weighted by molar-refractivity contribution is 5.93. The lowest BCUT2D eigenvalue weighted by Crippen LogP contribution is -2.19. The molecular formula is C13H16N4O2. The number of amides is 1. The Balaban J connectivity index is 2.59. The summed E-state index contributed by atoms with van der Waals surface area (Å²) in [6.07, 6.45) is 1.72. The van der Waals surface area contributed by atoms with E-state index in [0.29, 0.717) is 17.4 Å². The fourth-order valence-electron chi connectivity index (χ4n) is 1.84. The maximum absolute atomic E-state index is 11.7. The van der Waals surface area contributed by atoms with Gasteiger partial charge in [0.05, 0.1) is 24.7 Å². The smallest absolute Gasteiger partial charge is 0.301 e. The summed E-state index contributed by atoms with van der Waals surface area (Å²) < 4.78 is 6.99. The molecule has 6 heteroatoms. The monoisotopic (exact) mass is 260 g/mol. The first kappa shape index (κ1) is 13.1. The molecule has 0 fully saturated rings.